The number of aldehydes is 1. The molecule has 0 unspecified atom stereocenters. The van der Waals surface area contributed by atoms with Crippen molar-refractivity contribution in [3.63, 3.8) is 0 Å². The van der Waals surface area contributed by atoms with E-state index in [0.717, 1.165) is 22.3 Å². The van der Waals surface area contributed by atoms with Crippen molar-refractivity contribution >= 4 is 27.7 Å². The topological polar surface area (TPSA) is 26.3 Å². The van der Waals surface area contributed by atoms with E-state index >= 15 is 0 Å². The van der Waals surface area contributed by atoms with Crippen molar-refractivity contribution < 1.29 is 13.9 Å². The van der Waals surface area contributed by atoms with Gasteiger partial charge in [0.25, 0.3) is 0 Å². The number of hydrogen-bond acceptors (Lipinski definition) is 3. The zero-order valence-corrected chi connectivity index (χ0v) is 8.23. The van der Waals surface area contributed by atoms with Crippen molar-refractivity contribution in [2.24, 2.45) is 0 Å². The number of ether oxygens (including phenoxy) is 1. The first kappa shape index (κ1) is 9.15. The average Bonchev–Trinajstić information content (AvgIpc) is 2.56. The second kappa shape index (κ2) is 3.38. The van der Waals surface area contributed by atoms with Crippen LogP contribution in [0.25, 0.3) is 10.1 Å². The maximum absolute atomic E-state index is 12.9. The number of thiophene rings is 1. The van der Waals surface area contributed by atoms with Crippen LogP contribution < -0.4 is 4.74 Å². The van der Waals surface area contributed by atoms with E-state index in [0.29, 0.717) is 16.7 Å². The third kappa shape index (κ3) is 1.37. The summed E-state index contributed by atoms with van der Waals surface area (Å²) >= 11 is 1.01. The summed E-state index contributed by atoms with van der Waals surface area (Å²) in [4.78, 5) is 10.6. The first-order chi connectivity index (χ1) is 6.74. The number of methoxy groups -OCH3 is 1. The number of rotatable bonds is 2. The molecule has 0 N–H and O–H groups in total. The Hall–Kier alpha value is -1.42. The minimum atomic E-state index is -0.277. The van der Waals surface area contributed by atoms with Crippen LogP contribution in [-0.2, 0) is 0 Å². The second-order valence-electron chi connectivity index (χ2n) is 2.81. The van der Waals surface area contributed by atoms with Gasteiger partial charge in [0.15, 0.2) is 5.13 Å². The van der Waals surface area contributed by atoms with Crippen LogP contribution >= 0.6 is 11.3 Å². The third-order valence-electron chi connectivity index (χ3n) is 1.93. The lowest BCUT2D eigenvalue weighted by Gasteiger charge is -2.01. The minimum absolute atomic E-state index is 0.277. The van der Waals surface area contributed by atoms with Crippen molar-refractivity contribution in [3.05, 3.63) is 28.9 Å². The van der Waals surface area contributed by atoms with E-state index in [9.17, 15) is 9.18 Å². The first-order valence-corrected chi connectivity index (χ1v) is 4.78. The zero-order chi connectivity index (χ0) is 10.1. The van der Waals surface area contributed by atoms with Gasteiger partial charge in [-0.05, 0) is 23.6 Å². The molecule has 2 nitrogen and oxygen atoms in total. The molecule has 0 amide bonds. The van der Waals surface area contributed by atoms with Gasteiger partial charge < -0.3 is 4.74 Å². The SMILES string of the molecule is COc1cc(C=O)cc2cc(F)sc12. The lowest BCUT2D eigenvalue weighted by molar-refractivity contribution is 0.112. The fraction of sp³-hybridized carbons (Fsp3) is 0.100. The number of fused-ring (bicyclic) bond motifs is 1. The Morgan fingerprint density at radius 3 is 2.86 bits per heavy atom. The van der Waals surface area contributed by atoms with Gasteiger partial charge in [-0.3, -0.25) is 4.79 Å². The minimum Gasteiger partial charge on any atom is -0.495 e. The molecule has 2 aromatic rings. The molecule has 0 radical (unpaired) electrons. The number of halogens is 1. The molecule has 0 aliphatic rings. The standard InChI is InChI=1S/C10H7FO2S/c1-13-8-3-6(5-12)2-7-4-9(11)14-10(7)8/h2-5H,1H3. The van der Waals surface area contributed by atoms with Gasteiger partial charge in [-0.15, -0.1) is 11.3 Å². The molecule has 2 rings (SSSR count). The summed E-state index contributed by atoms with van der Waals surface area (Å²) in [6.07, 6.45) is 0.720. The fourth-order valence-electron chi connectivity index (χ4n) is 1.33. The Bertz CT molecular complexity index is 490. The van der Waals surface area contributed by atoms with E-state index in [1.54, 1.807) is 12.1 Å². The fourth-order valence-corrected chi connectivity index (χ4v) is 2.19. The van der Waals surface area contributed by atoms with E-state index in [4.69, 9.17) is 4.74 Å². The van der Waals surface area contributed by atoms with Gasteiger partial charge in [-0.2, -0.15) is 4.39 Å². The molecule has 14 heavy (non-hydrogen) atoms. The Morgan fingerprint density at radius 1 is 1.43 bits per heavy atom. The van der Waals surface area contributed by atoms with Crippen LogP contribution in [-0.4, -0.2) is 13.4 Å². The van der Waals surface area contributed by atoms with Crippen LogP contribution in [0.1, 0.15) is 10.4 Å². The highest BCUT2D eigenvalue weighted by atomic mass is 32.1. The predicted octanol–water partition coefficient (Wildman–Crippen LogP) is 2.86. The molecular weight excluding hydrogens is 203 g/mol. The summed E-state index contributed by atoms with van der Waals surface area (Å²) in [6.45, 7) is 0. The van der Waals surface area contributed by atoms with Crippen molar-refractivity contribution in [2.45, 2.75) is 0 Å². The van der Waals surface area contributed by atoms with E-state index in [1.165, 1.54) is 13.2 Å². The van der Waals surface area contributed by atoms with Gasteiger partial charge in [-0.1, -0.05) is 0 Å². The predicted molar refractivity (Wildman–Crippen MR) is 53.7 cm³/mol. The van der Waals surface area contributed by atoms with Crippen molar-refractivity contribution in [3.8, 4) is 5.75 Å². The maximum atomic E-state index is 12.9. The molecule has 0 spiro atoms. The molecule has 0 saturated carbocycles. The summed E-state index contributed by atoms with van der Waals surface area (Å²) in [6, 6.07) is 4.64. The molecule has 0 saturated heterocycles. The molecule has 0 atom stereocenters. The summed E-state index contributed by atoms with van der Waals surface area (Å²) in [5.41, 5.74) is 0.493. The number of hydrogen-bond donors (Lipinski definition) is 0. The summed E-state index contributed by atoms with van der Waals surface area (Å²) in [5, 5.41) is 0.426. The van der Waals surface area contributed by atoms with Crippen molar-refractivity contribution in [1.29, 1.82) is 0 Å². The Morgan fingerprint density at radius 2 is 2.21 bits per heavy atom. The van der Waals surface area contributed by atoms with Gasteiger partial charge >= 0.3 is 0 Å². The smallest absolute Gasteiger partial charge is 0.177 e. The maximum Gasteiger partial charge on any atom is 0.177 e. The largest absolute Gasteiger partial charge is 0.495 e. The highest BCUT2D eigenvalue weighted by Gasteiger charge is 2.08. The van der Waals surface area contributed by atoms with Gasteiger partial charge in [0.2, 0.25) is 0 Å². The zero-order valence-electron chi connectivity index (χ0n) is 7.41. The number of benzene rings is 1. The highest BCUT2D eigenvalue weighted by Crippen LogP contribution is 2.33. The molecule has 1 aromatic carbocycles. The van der Waals surface area contributed by atoms with Crippen LogP contribution in [0, 0.1) is 5.13 Å². The van der Waals surface area contributed by atoms with E-state index in [-0.39, 0.29) is 5.13 Å². The van der Waals surface area contributed by atoms with E-state index < -0.39 is 0 Å². The summed E-state index contributed by atoms with van der Waals surface area (Å²) in [5.74, 6) is 0.540. The van der Waals surface area contributed by atoms with Crippen LogP contribution in [0.15, 0.2) is 18.2 Å². The normalized spacial score (nSPS) is 10.4. The van der Waals surface area contributed by atoms with E-state index in [2.05, 4.69) is 0 Å². The van der Waals surface area contributed by atoms with Crippen LogP contribution in [0.5, 0.6) is 5.75 Å². The molecule has 4 heteroatoms. The lowest BCUT2D eigenvalue weighted by Crippen LogP contribution is -1.85. The number of carbonyl (C=O) groups excluding carboxylic acids is 1. The average molecular weight is 210 g/mol. The van der Waals surface area contributed by atoms with Crippen molar-refractivity contribution in [1.82, 2.24) is 0 Å². The second-order valence-corrected chi connectivity index (χ2v) is 3.81. The van der Waals surface area contributed by atoms with Crippen LogP contribution in [0.2, 0.25) is 0 Å². The number of carbonyl (C=O) groups is 1. The molecule has 72 valence electrons. The molecule has 0 aliphatic heterocycles. The molecule has 0 fully saturated rings. The summed E-state index contributed by atoms with van der Waals surface area (Å²) < 4.78 is 18.7. The third-order valence-corrected chi connectivity index (χ3v) is 2.88. The molecular formula is C10H7FO2S. The van der Waals surface area contributed by atoms with Gasteiger partial charge in [0.05, 0.1) is 11.8 Å². The molecule has 1 heterocycles. The monoisotopic (exact) mass is 210 g/mol. The lowest BCUT2D eigenvalue weighted by atomic mass is 10.2. The quantitative estimate of drug-likeness (QED) is 0.712. The Kier molecular flexibility index (Phi) is 2.21. The molecule has 1 aromatic heterocycles. The highest BCUT2D eigenvalue weighted by molar-refractivity contribution is 7.17. The van der Waals surface area contributed by atoms with Gasteiger partial charge in [0, 0.05) is 5.56 Å². The Labute approximate surface area is 83.9 Å². The first-order valence-electron chi connectivity index (χ1n) is 3.97. The Balaban J connectivity index is 2.78. The molecule has 0 aliphatic carbocycles. The van der Waals surface area contributed by atoms with Gasteiger partial charge in [-0.25, -0.2) is 0 Å². The van der Waals surface area contributed by atoms with Crippen LogP contribution in [0.4, 0.5) is 4.39 Å². The van der Waals surface area contributed by atoms with E-state index in [1.807, 2.05) is 0 Å². The molecule has 0 bridgehead atoms. The van der Waals surface area contributed by atoms with Gasteiger partial charge in [0.1, 0.15) is 12.0 Å². The van der Waals surface area contributed by atoms with Crippen molar-refractivity contribution in [2.75, 3.05) is 7.11 Å². The summed E-state index contributed by atoms with van der Waals surface area (Å²) in [7, 11) is 1.50. The van der Waals surface area contributed by atoms with Crippen LogP contribution in [0.3, 0.4) is 0 Å².